The van der Waals surface area contributed by atoms with Crippen LogP contribution in [-0.2, 0) is 16.0 Å². The van der Waals surface area contributed by atoms with E-state index in [1.165, 1.54) is 13.2 Å². The molecule has 0 unspecified atom stereocenters. The minimum atomic E-state index is -0.354. The lowest BCUT2D eigenvalue weighted by Gasteiger charge is -2.02. The Morgan fingerprint density at radius 2 is 2.22 bits per heavy atom. The molecule has 1 aromatic carbocycles. The molecule has 0 amide bonds. The third kappa shape index (κ3) is 4.42. The number of esters is 1. The molecule has 0 saturated heterocycles. The van der Waals surface area contributed by atoms with E-state index in [0.29, 0.717) is 17.5 Å². The third-order valence-electron chi connectivity index (χ3n) is 2.30. The van der Waals surface area contributed by atoms with Gasteiger partial charge in [0.15, 0.2) is 0 Å². The summed E-state index contributed by atoms with van der Waals surface area (Å²) in [4.78, 5) is 11.0. The van der Waals surface area contributed by atoms with E-state index in [4.69, 9.17) is 0 Å². The zero-order valence-corrected chi connectivity index (χ0v) is 10.5. The summed E-state index contributed by atoms with van der Waals surface area (Å²) in [5.74, 6) is 4.89. The van der Waals surface area contributed by atoms with Gasteiger partial charge in [-0.2, -0.15) is 0 Å². The summed E-state index contributed by atoms with van der Waals surface area (Å²) in [7, 11) is 1.31. The van der Waals surface area contributed by atoms with Crippen molar-refractivity contribution in [2.45, 2.75) is 19.8 Å². The van der Waals surface area contributed by atoms with Crippen LogP contribution in [0.1, 0.15) is 24.5 Å². The highest BCUT2D eigenvalue weighted by Crippen LogP contribution is 2.12. The minimum Gasteiger partial charge on any atom is -0.469 e. The predicted molar refractivity (Wildman–Crippen MR) is 68.4 cm³/mol. The molecule has 94 valence electrons. The van der Waals surface area contributed by atoms with Gasteiger partial charge in [0.2, 0.25) is 0 Å². The molecular weight excluding hydrogens is 231 g/mol. The quantitative estimate of drug-likeness (QED) is 0.605. The number of rotatable bonds is 3. The van der Waals surface area contributed by atoms with Crippen LogP contribution < -0.4 is 0 Å². The molecule has 0 aromatic heterocycles. The lowest BCUT2D eigenvalue weighted by Crippen LogP contribution is -2.03. The molecule has 0 N–H and O–H groups in total. The molecule has 1 aromatic rings. The van der Waals surface area contributed by atoms with Gasteiger partial charge in [0.25, 0.3) is 0 Å². The standard InChI is InChI=1S/C15H15FO2/c1-11(2)4-5-12-6-7-13(14(16)10-12)8-9-15(17)18-3/h6-7,10H,1,8-9H2,2-3H3. The van der Waals surface area contributed by atoms with Crippen molar-refractivity contribution in [3.05, 3.63) is 47.3 Å². The maximum Gasteiger partial charge on any atom is 0.305 e. The van der Waals surface area contributed by atoms with Crippen molar-refractivity contribution in [3.8, 4) is 11.8 Å². The van der Waals surface area contributed by atoms with E-state index in [-0.39, 0.29) is 18.2 Å². The fraction of sp³-hybridized carbons (Fsp3) is 0.267. The monoisotopic (exact) mass is 246 g/mol. The van der Waals surface area contributed by atoms with Gasteiger partial charge in [-0.15, -0.1) is 0 Å². The topological polar surface area (TPSA) is 26.3 Å². The van der Waals surface area contributed by atoms with Crippen LogP contribution in [0, 0.1) is 17.7 Å². The van der Waals surface area contributed by atoms with Gasteiger partial charge in [0.1, 0.15) is 5.82 Å². The van der Waals surface area contributed by atoms with Crippen LogP contribution in [0.5, 0.6) is 0 Å². The summed E-state index contributed by atoms with van der Waals surface area (Å²) in [6.45, 7) is 5.44. The fourth-order valence-electron chi connectivity index (χ4n) is 1.35. The first-order valence-electron chi connectivity index (χ1n) is 5.55. The lowest BCUT2D eigenvalue weighted by molar-refractivity contribution is -0.140. The number of carbonyl (C=O) groups excluding carboxylic acids is 1. The van der Waals surface area contributed by atoms with Crippen LogP contribution >= 0.6 is 0 Å². The second-order valence-electron chi connectivity index (χ2n) is 3.91. The van der Waals surface area contributed by atoms with Crippen molar-refractivity contribution in [2.75, 3.05) is 7.11 Å². The molecular formula is C15H15FO2. The van der Waals surface area contributed by atoms with Crippen molar-refractivity contribution in [1.29, 1.82) is 0 Å². The van der Waals surface area contributed by atoms with Gasteiger partial charge in [0.05, 0.1) is 7.11 Å². The number of methoxy groups -OCH3 is 1. The van der Waals surface area contributed by atoms with Crippen LogP contribution in [0.3, 0.4) is 0 Å². The van der Waals surface area contributed by atoms with Gasteiger partial charge >= 0.3 is 5.97 Å². The summed E-state index contributed by atoms with van der Waals surface area (Å²) in [6.07, 6.45) is 0.497. The van der Waals surface area contributed by atoms with Crippen LogP contribution in [0.2, 0.25) is 0 Å². The van der Waals surface area contributed by atoms with E-state index in [1.807, 2.05) is 0 Å². The highest BCUT2D eigenvalue weighted by Gasteiger charge is 2.06. The Hall–Kier alpha value is -2.08. The number of hydrogen-bond acceptors (Lipinski definition) is 2. The van der Waals surface area contributed by atoms with Gasteiger partial charge < -0.3 is 4.74 Å². The van der Waals surface area contributed by atoms with Crippen molar-refractivity contribution < 1.29 is 13.9 Å². The summed E-state index contributed by atoms with van der Waals surface area (Å²) in [5.41, 5.74) is 1.81. The number of benzene rings is 1. The second-order valence-corrected chi connectivity index (χ2v) is 3.91. The van der Waals surface area contributed by atoms with Gasteiger partial charge in [-0.3, -0.25) is 4.79 Å². The average Bonchev–Trinajstić information content (AvgIpc) is 2.34. The molecule has 0 heterocycles. The van der Waals surface area contributed by atoms with Crippen LogP contribution in [-0.4, -0.2) is 13.1 Å². The number of allylic oxidation sites excluding steroid dienone is 1. The summed E-state index contributed by atoms with van der Waals surface area (Å²) < 4.78 is 18.2. The number of aryl methyl sites for hydroxylation is 1. The molecule has 18 heavy (non-hydrogen) atoms. The normalized spacial score (nSPS) is 9.28. The Morgan fingerprint density at radius 1 is 1.50 bits per heavy atom. The second kappa shape index (κ2) is 6.61. The van der Waals surface area contributed by atoms with Gasteiger partial charge in [-0.1, -0.05) is 24.5 Å². The molecule has 0 fully saturated rings. The van der Waals surface area contributed by atoms with Crippen LogP contribution in [0.15, 0.2) is 30.4 Å². The summed E-state index contributed by atoms with van der Waals surface area (Å²) in [6, 6.07) is 4.73. The lowest BCUT2D eigenvalue weighted by atomic mass is 10.1. The smallest absolute Gasteiger partial charge is 0.305 e. The molecule has 0 spiro atoms. The van der Waals surface area contributed by atoms with Crippen molar-refractivity contribution in [2.24, 2.45) is 0 Å². The zero-order chi connectivity index (χ0) is 13.5. The minimum absolute atomic E-state index is 0.171. The maximum absolute atomic E-state index is 13.7. The number of halogens is 1. The fourth-order valence-corrected chi connectivity index (χ4v) is 1.35. The largest absolute Gasteiger partial charge is 0.469 e. The molecule has 0 bridgehead atoms. The Morgan fingerprint density at radius 3 is 2.78 bits per heavy atom. The Bertz CT molecular complexity index is 521. The number of ether oxygens (including phenoxy) is 1. The third-order valence-corrected chi connectivity index (χ3v) is 2.30. The molecule has 0 radical (unpaired) electrons. The van der Waals surface area contributed by atoms with E-state index in [1.54, 1.807) is 19.1 Å². The molecule has 0 saturated carbocycles. The van der Waals surface area contributed by atoms with Crippen LogP contribution in [0.25, 0.3) is 0 Å². The van der Waals surface area contributed by atoms with E-state index < -0.39 is 0 Å². The Kier molecular flexibility index (Phi) is 5.13. The molecule has 1 rings (SSSR count). The summed E-state index contributed by atoms with van der Waals surface area (Å²) >= 11 is 0. The highest BCUT2D eigenvalue weighted by molar-refractivity contribution is 5.69. The van der Waals surface area contributed by atoms with Crippen molar-refractivity contribution in [3.63, 3.8) is 0 Å². The summed E-state index contributed by atoms with van der Waals surface area (Å²) in [5, 5.41) is 0. The van der Waals surface area contributed by atoms with Gasteiger partial charge in [-0.25, -0.2) is 4.39 Å². The molecule has 0 aliphatic carbocycles. The molecule has 0 aliphatic heterocycles. The van der Waals surface area contributed by atoms with Crippen molar-refractivity contribution >= 4 is 5.97 Å². The van der Waals surface area contributed by atoms with Gasteiger partial charge in [0, 0.05) is 12.0 Å². The van der Waals surface area contributed by atoms with E-state index in [2.05, 4.69) is 23.2 Å². The first-order chi connectivity index (χ1) is 8.52. The Balaban J connectivity index is 2.78. The molecule has 0 aliphatic rings. The first-order valence-corrected chi connectivity index (χ1v) is 5.55. The molecule has 2 nitrogen and oxygen atoms in total. The Labute approximate surface area is 106 Å². The highest BCUT2D eigenvalue weighted by atomic mass is 19.1. The molecule has 0 atom stereocenters. The predicted octanol–water partition coefficient (Wildman–Crippen LogP) is 2.86. The van der Waals surface area contributed by atoms with E-state index in [9.17, 15) is 9.18 Å². The first kappa shape index (κ1) is 14.0. The maximum atomic E-state index is 13.7. The zero-order valence-electron chi connectivity index (χ0n) is 10.5. The molecule has 3 heteroatoms. The number of hydrogen-bond donors (Lipinski definition) is 0. The average molecular weight is 246 g/mol. The van der Waals surface area contributed by atoms with E-state index in [0.717, 1.165) is 5.57 Å². The van der Waals surface area contributed by atoms with Gasteiger partial charge in [-0.05, 0) is 36.6 Å². The van der Waals surface area contributed by atoms with Crippen LogP contribution in [0.4, 0.5) is 4.39 Å². The number of carbonyl (C=O) groups is 1. The van der Waals surface area contributed by atoms with Crippen molar-refractivity contribution in [1.82, 2.24) is 0 Å². The SMILES string of the molecule is C=C(C)C#Cc1ccc(CCC(=O)OC)c(F)c1. The van der Waals surface area contributed by atoms with E-state index >= 15 is 0 Å².